The van der Waals surface area contributed by atoms with E-state index in [2.05, 4.69) is 0 Å². The molecule has 0 spiro atoms. The van der Waals surface area contributed by atoms with E-state index in [1.807, 2.05) is 18.2 Å². The van der Waals surface area contributed by atoms with Gasteiger partial charge in [0.25, 0.3) is 0 Å². The zero-order valence-corrected chi connectivity index (χ0v) is 11.6. The predicted molar refractivity (Wildman–Crippen MR) is 74.8 cm³/mol. The molecule has 0 saturated carbocycles. The van der Waals surface area contributed by atoms with Crippen molar-refractivity contribution < 1.29 is 23.2 Å². The third-order valence-corrected chi connectivity index (χ3v) is 3.26. The molecule has 5 nitrogen and oxygen atoms in total. The number of phosphoric acid groups is 1. The third kappa shape index (κ3) is 5.05. The summed E-state index contributed by atoms with van der Waals surface area (Å²) in [5, 5.41) is 0. The SMILES string of the molecule is O=P(O)(OCCOc1ccccc1)Oc1ccccc1. The highest BCUT2D eigenvalue weighted by Crippen LogP contribution is 2.43. The molecule has 0 fully saturated rings. The van der Waals surface area contributed by atoms with E-state index in [-0.39, 0.29) is 19.0 Å². The second-order valence-corrected chi connectivity index (χ2v) is 5.25. The van der Waals surface area contributed by atoms with Crippen LogP contribution in [-0.2, 0) is 9.09 Å². The molecule has 0 aliphatic carbocycles. The summed E-state index contributed by atoms with van der Waals surface area (Å²) in [5.41, 5.74) is 0. The molecule has 106 valence electrons. The molecule has 6 heteroatoms. The number of phosphoric ester groups is 1. The number of hydrogen-bond acceptors (Lipinski definition) is 4. The Hall–Kier alpha value is -1.81. The number of rotatable bonds is 7. The van der Waals surface area contributed by atoms with Crippen molar-refractivity contribution in [2.24, 2.45) is 0 Å². The Bertz CT molecular complexity index is 558. The summed E-state index contributed by atoms with van der Waals surface area (Å²) in [5.74, 6) is 0.954. The van der Waals surface area contributed by atoms with Gasteiger partial charge < -0.3 is 9.26 Å². The molecule has 0 aliphatic heterocycles. The lowest BCUT2D eigenvalue weighted by Crippen LogP contribution is -2.07. The van der Waals surface area contributed by atoms with Crippen molar-refractivity contribution in [2.45, 2.75) is 0 Å². The van der Waals surface area contributed by atoms with Gasteiger partial charge in [0.15, 0.2) is 0 Å². The molecule has 1 atom stereocenters. The minimum absolute atomic E-state index is 0.0461. The summed E-state index contributed by atoms with van der Waals surface area (Å²) in [6.45, 7) is 0.113. The molecule has 1 N–H and O–H groups in total. The molecule has 0 aliphatic rings. The maximum Gasteiger partial charge on any atom is 0.527 e. The van der Waals surface area contributed by atoms with Gasteiger partial charge in [0, 0.05) is 0 Å². The van der Waals surface area contributed by atoms with Gasteiger partial charge in [0.05, 0.1) is 6.61 Å². The summed E-state index contributed by atoms with van der Waals surface area (Å²) in [6.07, 6.45) is 0. The zero-order chi connectivity index (χ0) is 14.3. The van der Waals surface area contributed by atoms with Gasteiger partial charge in [-0.3, -0.25) is 9.42 Å². The first-order valence-corrected chi connectivity index (χ1v) is 7.55. The van der Waals surface area contributed by atoms with Crippen LogP contribution in [0.5, 0.6) is 11.5 Å². The van der Waals surface area contributed by atoms with Crippen LogP contribution in [0.4, 0.5) is 0 Å². The Balaban J connectivity index is 1.74. The summed E-state index contributed by atoms with van der Waals surface area (Å²) in [7, 11) is -4.12. The molecule has 2 aromatic carbocycles. The van der Waals surface area contributed by atoms with Crippen LogP contribution in [-0.4, -0.2) is 18.1 Å². The van der Waals surface area contributed by atoms with Gasteiger partial charge >= 0.3 is 7.82 Å². The summed E-state index contributed by atoms with van der Waals surface area (Å²) in [6, 6.07) is 17.5. The normalized spacial score (nSPS) is 13.4. The first-order chi connectivity index (χ1) is 9.66. The van der Waals surface area contributed by atoms with Crippen molar-refractivity contribution in [1.29, 1.82) is 0 Å². The molecule has 0 amide bonds. The van der Waals surface area contributed by atoms with Gasteiger partial charge in [0.1, 0.15) is 18.1 Å². The third-order valence-electron chi connectivity index (χ3n) is 2.31. The standard InChI is InChI=1S/C14H15O5P/c15-20(16,19-14-9-5-2-6-10-14)18-12-11-17-13-7-3-1-4-8-13/h1-10H,11-12H2,(H,15,16). The van der Waals surface area contributed by atoms with E-state index in [1.165, 1.54) is 0 Å². The molecular formula is C14H15O5P. The molecule has 0 bridgehead atoms. The fourth-order valence-electron chi connectivity index (χ4n) is 1.47. The van der Waals surface area contributed by atoms with Crippen LogP contribution in [0.1, 0.15) is 0 Å². The second kappa shape index (κ2) is 7.10. The molecule has 0 aromatic heterocycles. The largest absolute Gasteiger partial charge is 0.527 e. The lowest BCUT2D eigenvalue weighted by Gasteiger charge is -2.13. The highest BCUT2D eigenvalue weighted by atomic mass is 31.2. The van der Waals surface area contributed by atoms with Crippen LogP contribution in [0.2, 0.25) is 0 Å². The van der Waals surface area contributed by atoms with E-state index in [4.69, 9.17) is 13.8 Å². The molecule has 2 aromatic rings. The van der Waals surface area contributed by atoms with E-state index < -0.39 is 7.82 Å². The quantitative estimate of drug-likeness (QED) is 0.627. The van der Waals surface area contributed by atoms with Gasteiger partial charge in [0.2, 0.25) is 0 Å². The van der Waals surface area contributed by atoms with Gasteiger partial charge in [-0.1, -0.05) is 36.4 Å². The average Bonchev–Trinajstić information content (AvgIpc) is 2.45. The summed E-state index contributed by atoms with van der Waals surface area (Å²) in [4.78, 5) is 9.52. The van der Waals surface area contributed by atoms with Crippen LogP contribution in [0, 0.1) is 0 Å². The molecule has 20 heavy (non-hydrogen) atoms. The molecule has 1 unspecified atom stereocenters. The topological polar surface area (TPSA) is 65.0 Å². The minimum Gasteiger partial charge on any atom is -0.491 e. The maximum atomic E-state index is 11.7. The minimum atomic E-state index is -4.12. The predicted octanol–water partition coefficient (Wildman–Crippen LogP) is 3.26. The van der Waals surface area contributed by atoms with Crippen molar-refractivity contribution in [3.05, 3.63) is 60.7 Å². The van der Waals surface area contributed by atoms with Gasteiger partial charge in [-0.25, -0.2) is 4.57 Å². The highest BCUT2D eigenvalue weighted by Gasteiger charge is 2.22. The van der Waals surface area contributed by atoms with E-state index >= 15 is 0 Å². The lowest BCUT2D eigenvalue weighted by molar-refractivity contribution is 0.165. The number of ether oxygens (including phenoxy) is 1. The summed E-state index contributed by atoms with van der Waals surface area (Å²) >= 11 is 0. The Labute approximate surface area is 117 Å². The van der Waals surface area contributed by atoms with E-state index in [9.17, 15) is 9.46 Å². The monoisotopic (exact) mass is 294 g/mol. The molecule has 2 rings (SSSR count). The van der Waals surface area contributed by atoms with Gasteiger partial charge in [-0.15, -0.1) is 0 Å². The van der Waals surface area contributed by atoms with E-state index in [0.717, 1.165) is 0 Å². The first-order valence-electron chi connectivity index (χ1n) is 6.05. The number of para-hydroxylation sites is 2. The Morgan fingerprint density at radius 3 is 2.00 bits per heavy atom. The first kappa shape index (κ1) is 14.6. The fraction of sp³-hybridized carbons (Fsp3) is 0.143. The number of benzene rings is 2. The van der Waals surface area contributed by atoms with Gasteiger partial charge in [-0.05, 0) is 24.3 Å². The van der Waals surface area contributed by atoms with Crippen LogP contribution < -0.4 is 9.26 Å². The van der Waals surface area contributed by atoms with Crippen molar-refractivity contribution in [3.8, 4) is 11.5 Å². The van der Waals surface area contributed by atoms with Crippen LogP contribution >= 0.6 is 7.82 Å². The van der Waals surface area contributed by atoms with Crippen LogP contribution in [0.25, 0.3) is 0 Å². The Kier molecular flexibility index (Phi) is 5.18. The molecule has 0 saturated heterocycles. The zero-order valence-electron chi connectivity index (χ0n) is 10.7. The molecular weight excluding hydrogens is 279 g/mol. The van der Waals surface area contributed by atoms with Crippen molar-refractivity contribution in [2.75, 3.05) is 13.2 Å². The van der Waals surface area contributed by atoms with E-state index in [1.54, 1.807) is 42.5 Å². The van der Waals surface area contributed by atoms with Crippen molar-refractivity contribution >= 4 is 7.82 Å². The smallest absolute Gasteiger partial charge is 0.491 e. The molecule has 0 heterocycles. The maximum absolute atomic E-state index is 11.7. The lowest BCUT2D eigenvalue weighted by atomic mass is 10.3. The second-order valence-electron chi connectivity index (χ2n) is 3.87. The van der Waals surface area contributed by atoms with Gasteiger partial charge in [-0.2, -0.15) is 0 Å². The van der Waals surface area contributed by atoms with Crippen LogP contribution in [0.3, 0.4) is 0 Å². The highest BCUT2D eigenvalue weighted by molar-refractivity contribution is 7.47. The fourth-order valence-corrected chi connectivity index (χ4v) is 2.22. The van der Waals surface area contributed by atoms with Crippen molar-refractivity contribution in [3.63, 3.8) is 0 Å². The molecule has 0 radical (unpaired) electrons. The van der Waals surface area contributed by atoms with Crippen molar-refractivity contribution in [1.82, 2.24) is 0 Å². The summed E-state index contributed by atoms with van der Waals surface area (Å²) < 4.78 is 26.7. The average molecular weight is 294 g/mol. The number of hydrogen-bond donors (Lipinski definition) is 1. The Morgan fingerprint density at radius 1 is 0.850 bits per heavy atom. The van der Waals surface area contributed by atoms with Crippen LogP contribution in [0.15, 0.2) is 60.7 Å². The Morgan fingerprint density at radius 2 is 1.40 bits per heavy atom. The van der Waals surface area contributed by atoms with E-state index in [0.29, 0.717) is 5.75 Å².